The number of para-hydroxylation sites is 3. The van der Waals surface area contributed by atoms with Gasteiger partial charge in [-0.3, -0.25) is 0 Å². The number of ether oxygens (including phenoxy) is 1. The number of hydrogen-bond donors (Lipinski definition) is 1. The highest BCUT2D eigenvalue weighted by Crippen LogP contribution is 2.27. The first-order chi connectivity index (χ1) is 13.4. The number of nitrogens with one attached hydrogen (secondary N) is 1. The molecule has 0 aliphatic carbocycles. The van der Waals surface area contributed by atoms with Gasteiger partial charge in [-0.2, -0.15) is 0 Å². The molecule has 0 fully saturated rings. The van der Waals surface area contributed by atoms with Crippen LogP contribution in [0.2, 0.25) is 0 Å². The number of hydrogen-bond acceptors (Lipinski definition) is 3. The summed E-state index contributed by atoms with van der Waals surface area (Å²) in [5, 5.41) is 3.56. The highest BCUT2D eigenvalue weighted by Gasteiger charge is 2.15. The first kappa shape index (κ1) is 17.5. The standard InChI is InChI=1S/C24H26N2O/c1-2-9-20(10-3-1)19-27-24-15-7-5-13-22(24)25-16-18-26-17-8-12-21-11-4-6-14-23(21)26/h1-7,9-11,13-15,25H,8,12,16-19H2. The molecule has 0 amide bonds. The van der Waals surface area contributed by atoms with Gasteiger partial charge in [0.15, 0.2) is 0 Å². The minimum Gasteiger partial charge on any atom is -0.487 e. The smallest absolute Gasteiger partial charge is 0.142 e. The molecular formula is C24H26N2O. The average Bonchev–Trinajstić information content (AvgIpc) is 2.74. The van der Waals surface area contributed by atoms with Crippen molar-refractivity contribution in [1.29, 1.82) is 0 Å². The van der Waals surface area contributed by atoms with Crippen LogP contribution in [0.1, 0.15) is 17.5 Å². The first-order valence-electron chi connectivity index (χ1n) is 9.72. The van der Waals surface area contributed by atoms with Crippen LogP contribution in [0.15, 0.2) is 78.9 Å². The Bertz CT molecular complexity index is 863. The van der Waals surface area contributed by atoms with Crippen molar-refractivity contribution in [2.24, 2.45) is 0 Å². The van der Waals surface area contributed by atoms with Crippen molar-refractivity contribution < 1.29 is 4.74 Å². The summed E-state index contributed by atoms with van der Waals surface area (Å²) in [5.74, 6) is 0.903. The van der Waals surface area contributed by atoms with Crippen LogP contribution in [0.25, 0.3) is 0 Å². The van der Waals surface area contributed by atoms with E-state index >= 15 is 0 Å². The van der Waals surface area contributed by atoms with Crippen LogP contribution in [0.4, 0.5) is 11.4 Å². The topological polar surface area (TPSA) is 24.5 Å². The minimum absolute atomic E-state index is 0.582. The van der Waals surface area contributed by atoms with Crippen LogP contribution in [0.5, 0.6) is 5.75 Å². The SMILES string of the molecule is c1ccc(COc2ccccc2NCCN2CCCc3ccccc32)cc1. The number of nitrogens with zero attached hydrogens (tertiary/aromatic N) is 1. The van der Waals surface area contributed by atoms with Crippen LogP contribution in [-0.2, 0) is 13.0 Å². The zero-order valence-electron chi connectivity index (χ0n) is 15.6. The van der Waals surface area contributed by atoms with E-state index in [4.69, 9.17) is 4.74 Å². The molecule has 3 aromatic carbocycles. The molecule has 1 aliphatic rings. The lowest BCUT2D eigenvalue weighted by molar-refractivity contribution is 0.307. The molecule has 3 aromatic rings. The Kier molecular flexibility index (Phi) is 5.58. The molecule has 0 atom stereocenters. The van der Waals surface area contributed by atoms with Crippen molar-refractivity contribution in [3.8, 4) is 5.75 Å². The van der Waals surface area contributed by atoms with E-state index in [1.54, 1.807) is 0 Å². The van der Waals surface area contributed by atoms with Gasteiger partial charge in [-0.25, -0.2) is 0 Å². The van der Waals surface area contributed by atoms with Crippen LogP contribution in [0.3, 0.4) is 0 Å². The van der Waals surface area contributed by atoms with Gasteiger partial charge in [-0.05, 0) is 42.2 Å². The van der Waals surface area contributed by atoms with Gasteiger partial charge in [0, 0.05) is 25.3 Å². The molecule has 0 bridgehead atoms. The monoisotopic (exact) mass is 358 g/mol. The molecule has 0 saturated carbocycles. The van der Waals surface area contributed by atoms with Crippen LogP contribution in [-0.4, -0.2) is 19.6 Å². The summed E-state index contributed by atoms with van der Waals surface area (Å²) < 4.78 is 6.05. The molecule has 0 spiro atoms. The predicted molar refractivity (Wildman–Crippen MR) is 113 cm³/mol. The third kappa shape index (κ3) is 4.43. The number of rotatable bonds is 7. The van der Waals surface area contributed by atoms with Gasteiger partial charge in [-0.15, -0.1) is 0 Å². The fraction of sp³-hybridized carbons (Fsp3) is 0.250. The third-order valence-corrected chi connectivity index (χ3v) is 5.03. The van der Waals surface area contributed by atoms with E-state index in [-0.39, 0.29) is 0 Å². The summed E-state index contributed by atoms with van der Waals surface area (Å²) in [6.07, 6.45) is 2.42. The van der Waals surface area contributed by atoms with Crippen molar-refractivity contribution in [2.45, 2.75) is 19.4 Å². The maximum Gasteiger partial charge on any atom is 0.142 e. The molecule has 0 radical (unpaired) electrons. The molecule has 1 N–H and O–H groups in total. The van der Waals surface area contributed by atoms with Gasteiger partial charge in [0.05, 0.1) is 5.69 Å². The molecule has 4 rings (SSSR count). The van der Waals surface area contributed by atoms with E-state index in [9.17, 15) is 0 Å². The summed E-state index contributed by atoms with van der Waals surface area (Å²) in [4.78, 5) is 2.49. The summed E-state index contributed by atoms with van der Waals surface area (Å²) >= 11 is 0. The van der Waals surface area contributed by atoms with Crippen LogP contribution < -0.4 is 15.0 Å². The van der Waals surface area contributed by atoms with E-state index in [0.717, 1.165) is 31.1 Å². The van der Waals surface area contributed by atoms with Crippen LogP contribution >= 0.6 is 0 Å². The summed E-state index contributed by atoms with van der Waals surface area (Å²) in [6, 6.07) is 27.2. The molecule has 0 aromatic heterocycles. The highest BCUT2D eigenvalue weighted by atomic mass is 16.5. The van der Waals surface area contributed by atoms with E-state index in [1.165, 1.54) is 29.7 Å². The summed E-state index contributed by atoms with van der Waals surface area (Å²) in [7, 11) is 0. The molecule has 0 saturated heterocycles. The van der Waals surface area contributed by atoms with E-state index < -0.39 is 0 Å². The zero-order chi connectivity index (χ0) is 18.3. The average molecular weight is 358 g/mol. The molecule has 1 aliphatic heterocycles. The van der Waals surface area contributed by atoms with E-state index in [1.807, 2.05) is 36.4 Å². The van der Waals surface area contributed by atoms with Crippen LogP contribution in [0, 0.1) is 0 Å². The lowest BCUT2D eigenvalue weighted by Gasteiger charge is -2.31. The maximum atomic E-state index is 6.05. The fourth-order valence-electron chi connectivity index (χ4n) is 3.64. The number of fused-ring (bicyclic) bond motifs is 1. The van der Waals surface area contributed by atoms with Gasteiger partial charge in [0.2, 0.25) is 0 Å². The van der Waals surface area contributed by atoms with Gasteiger partial charge in [-0.1, -0.05) is 60.7 Å². The lowest BCUT2D eigenvalue weighted by Crippen LogP contribution is -2.33. The van der Waals surface area contributed by atoms with Crippen molar-refractivity contribution in [3.63, 3.8) is 0 Å². The van der Waals surface area contributed by atoms with Gasteiger partial charge >= 0.3 is 0 Å². The normalized spacial score (nSPS) is 13.1. The Morgan fingerprint density at radius 1 is 0.852 bits per heavy atom. The maximum absolute atomic E-state index is 6.05. The van der Waals surface area contributed by atoms with Crippen molar-refractivity contribution in [3.05, 3.63) is 90.0 Å². The summed E-state index contributed by atoms with van der Waals surface area (Å²) in [5.41, 5.74) is 5.09. The third-order valence-electron chi connectivity index (χ3n) is 5.03. The molecule has 138 valence electrons. The zero-order valence-corrected chi connectivity index (χ0v) is 15.6. The lowest BCUT2D eigenvalue weighted by atomic mass is 10.0. The molecule has 27 heavy (non-hydrogen) atoms. The number of aryl methyl sites for hydroxylation is 1. The second-order valence-corrected chi connectivity index (χ2v) is 6.92. The highest BCUT2D eigenvalue weighted by molar-refractivity contribution is 5.58. The second kappa shape index (κ2) is 8.63. The fourth-order valence-corrected chi connectivity index (χ4v) is 3.64. The number of anilines is 2. The Labute approximate surface area is 161 Å². The molecule has 3 nitrogen and oxygen atoms in total. The Hall–Kier alpha value is -2.94. The Morgan fingerprint density at radius 3 is 2.56 bits per heavy atom. The second-order valence-electron chi connectivity index (χ2n) is 6.92. The quantitative estimate of drug-likeness (QED) is 0.634. The Morgan fingerprint density at radius 2 is 1.63 bits per heavy atom. The first-order valence-corrected chi connectivity index (χ1v) is 9.72. The van der Waals surface area contributed by atoms with Gasteiger partial charge in [0.1, 0.15) is 12.4 Å². The Balaban J connectivity index is 1.35. The van der Waals surface area contributed by atoms with E-state index in [0.29, 0.717) is 6.61 Å². The molecular weight excluding hydrogens is 332 g/mol. The number of benzene rings is 3. The van der Waals surface area contributed by atoms with Crippen molar-refractivity contribution in [2.75, 3.05) is 29.9 Å². The largest absolute Gasteiger partial charge is 0.487 e. The molecule has 1 heterocycles. The molecule has 0 unspecified atom stereocenters. The summed E-state index contributed by atoms with van der Waals surface area (Å²) in [6.45, 7) is 3.59. The van der Waals surface area contributed by atoms with Gasteiger partial charge < -0.3 is 15.0 Å². The minimum atomic E-state index is 0.582. The van der Waals surface area contributed by atoms with Crippen molar-refractivity contribution >= 4 is 11.4 Å². The van der Waals surface area contributed by atoms with Gasteiger partial charge in [0.25, 0.3) is 0 Å². The van der Waals surface area contributed by atoms with E-state index in [2.05, 4.69) is 52.7 Å². The predicted octanol–water partition coefficient (Wildman–Crippen LogP) is 5.13. The molecule has 3 heteroatoms. The van der Waals surface area contributed by atoms with Crippen molar-refractivity contribution in [1.82, 2.24) is 0 Å².